The SMILES string of the molecule is c1ccc2cc3cc4c5ccccc5cc-4ccc3cc2c1. The molecule has 0 spiro atoms. The molecule has 0 saturated carbocycles. The highest BCUT2D eigenvalue weighted by Crippen LogP contribution is 2.36. The Morgan fingerprint density at radius 3 is 1.86 bits per heavy atom. The Hall–Kier alpha value is -2.86. The summed E-state index contributed by atoms with van der Waals surface area (Å²) in [5, 5.41) is 7.83. The Bertz CT molecular complexity index is 1110. The Labute approximate surface area is 129 Å². The molecule has 0 atom stereocenters. The van der Waals surface area contributed by atoms with Crippen LogP contribution in [0.1, 0.15) is 0 Å². The molecule has 0 radical (unpaired) electrons. The maximum atomic E-state index is 2.33. The molecule has 0 N–H and O–H groups in total. The van der Waals surface area contributed by atoms with E-state index in [4.69, 9.17) is 0 Å². The van der Waals surface area contributed by atoms with E-state index in [0.29, 0.717) is 0 Å². The van der Waals surface area contributed by atoms with Gasteiger partial charge in [0.2, 0.25) is 0 Å². The summed E-state index contributed by atoms with van der Waals surface area (Å²) < 4.78 is 0. The second kappa shape index (κ2) is 4.32. The van der Waals surface area contributed by atoms with Gasteiger partial charge in [0.25, 0.3) is 0 Å². The second-order valence-corrected chi connectivity index (χ2v) is 5.91. The van der Waals surface area contributed by atoms with E-state index in [2.05, 4.69) is 84.9 Å². The highest BCUT2D eigenvalue weighted by Gasteiger charge is 2.09. The molecule has 0 aromatic heterocycles. The van der Waals surface area contributed by atoms with Gasteiger partial charge >= 0.3 is 0 Å². The number of fused-ring (bicyclic) bond motifs is 5. The van der Waals surface area contributed by atoms with Crippen molar-refractivity contribution in [1.82, 2.24) is 0 Å². The van der Waals surface area contributed by atoms with Gasteiger partial charge in [-0.25, -0.2) is 0 Å². The van der Waals surface area contributed by atoms with Crippen LogP contribution in [-0.4, -0.2) is 0 Å². The first-order chi connectivity index (χ1) is 10.9. The van der Waals surface area contributed by atoms with Crippen LogP contribution in [0.3, 0.4) is 0 Å². The van der Waals surface area contributed by atoms with Crippen molar-refractivity contribution in [3.8, 4) is 11.1 Å². The summed E-state index contributed by atoms with van der Waals surface area (Å²) >= 11 is 0. The molecule has 2 aliphatic carbocycles. The zero-order chi connectivity index (χ0) is 14.5. The van der Waals surface area contributed by atoms with Crippen molar-refractivity contribution in [3.63, 3.8) is 0 Å². The van der Waals surface area contributed by atoms with Gasteiger partial charge in [-0.15, -0.1) is 0 Å². The lowest BCUT2D eigenvalue weighted by Crippen LogP contribution is -1.73. The van der Waals surface area contributed by atoms with Crippen LogP contribution in [0, 0.1) is 0 Å². The Kier molecular flexibility index (Phi) is 2.31. The molecule has 0 heterocycles. The number of rotatable bonds is 0. The van der Waals surface area contributed by atoms with E-state index in [-0.39, 0.29) is 0 Å². The molecule has 0 heteroatoms. The fourth-order valence-electron chi connectivity index (χ4n) is 3.45. The van der Waals surface area contributed by atoms with E-state index in [1.165, 1.54) is 43.4 Å². The van der Waals surface area contributed by atoms with E-state index < -0.39 is 0 Å². The second-order valence-electron chi connectivity index (χ2n) is 5.91. The van der Waals surface area contributed by atoms with Crippen molar-refractivity contribution in [2.75, 3.05) is 0 Å². The molecular weight excluding hydrogens is 264 g/mol. The minimum atomic E-state index is 1.29. The van der Waals surface area contributed by atoms with Crippen LogP contribution < -0.4 is 0 Å². The van der Waals surface area contributed by atoms with Gasteiger partial charge < -0.3 is 0 Å². The van der Waals surface area contributed by atoms with Crippen LogP contribution in [0.5, 0.6) is 0 Å². The standard InChI is InChI=1S/C22H14/c1-2-6-16-12-20-14-22-19(10-9-17(20)11-15(16)5-1)13-18-7-3-4-8-21(18)22/h1-14H. The predicted octanol–water partition coefficient (Wildman–Crippen LogP) is 6.25. The molecule has 3 aromatic carbocycles. The first-order valence-corrected chi connectivity index (χ1v) is 7.62. The molecular formula is C22H14. The summed E-state index contributed by atoms with van der Waals surface area (Å²) in [6.45, 7) is 0. The Morgan fingerprint density at radius 1 is 0.409 bits per heavy atom. The minimum Gasteiger partial charge on any atom is -0.0616 e. The smallest absolute Gasteiger partial charge is 0.00990 e. The first kappa shape index (κ1) is 11.8. The minimum absolute atomic E-state index is 1.29. The van der Waals surface area contributed by atoms with E-state index >= 15 is 0 Å². The highest BCUT2D eigenvalue weighted by atomic mass is 14.1. The van der Waals surface area contributed by atoms with Gasteiger partial charge in [0, 0.05) is 0 Å². The van der Waals surface area contributed by atoms with Crippen molar-refractivity contribution < 1.29 is 0 Å². The van der Waals surface area contributed by atoms with E-state index in [9.17, 15) is 0 Å². The molecule has 0 unspecified atom stereocenters. The van der Waals surface area contributed by atoms with Crippen LogP contribution in [0.15, 0.2) is 84.9 Å². The van der Waals surface area contributed by atoms with Crippen molar-refractivity contribution in [2.24, 2.45) is 0 Å². The van der Waals surface area contributed by atoms with Crippen molar-refractivity contribution in [1.29, 1.82) is 0 Å². The van der Waals surface area contributed by atoms with Gasteiger partial charge in [-0.3, -0.25) is 0 Å². The van der Waals surface area contributed by atoms with Crippen LogP contribution >= 0.6 is 0 Å². The first-order valence-electron chi connectivity index (χ1n) is 7.62. The van der Waals surface area contributed by atoms with E-state index in [1.807, 2.05) is 0 Å². The summed E-state index contributed by atoms with van der Waals surface area (Å²) in [5.74, 6) is 0. The maximum Gasteiger partial charge on any atom is -0.00990 e. The number of hydrogen-bond acceptors (Lipinski definition) is 0. The largest absolute Gasteiger partial charge is 0.0616 e. The monoisotopic (exact) mass is 278 g/mol. The molecule has 0 fully saturated rings. The molecule has 0 aliphatic heterocycles. The normalized spacial score (nSPS) is 11.6. The van der Waals surface area contributed by atoms with Gasteiger partial charge in [-0.05, 0) is 67.7 Å². The summed E-state index contributed by atoms with van der Waals surface area (Å²) in [6, 6.07) is 30.9. The van der Waals surface area contributed by atoms with Crippen LogP contribution in [0.25, 0.3) is 43.4 Å². The lowest BCUT2D eigenvalue weighted by atomic mass is 10.0. The van der Waals surface area contributed by atoms with Crippen molar-refractivity contribution >= 4 is 32.3 Å². The summed E-state index contributed by atoms with van der Waals surface area (Å²) in [5.41, 5.74) is 2.64. The van der Waals surface area contributed by atoms with E-state index in [1.54, 1.807) is 0 Å². The van der Waals surface area contributed by atoms with Crippen LogP contribution in [0.2, 0.25) is 0 Å². The predicted molar refractivity (Wildman–Crippen MR) is 95.6 cm³/mol. The molecule has 0 bridgehead atoms. The highest BCUT2D eigenvalue weighted by molar-refractivity contribution is 6.06. The maximum absolute atomic E-state index is 2.33. The number of benzene rings is 3. The molecule has 22 heavy (non-hydrogen) atoms. The van der Waals surface area contributed by atoms with Gasteiger partial charge in [0.15, 0.2) is 0 Å². The third-order valence-corrected chi connectivity index (χ3v) is 4.57. The topological polar surface area (TPSA) is 0 Å². The molecule has 0 amide bonds. The molecule has 5 rings (SSSR count). The van der Waals surface area contributed by atoms with Gasteiger partial charge in [-0.1, -0.05) is 60.7 Å². The Balaban J connectivity index is 1.96. The lowest BCUT2D eigenvalue weighted by molar-refractivity contribution is 1.80. The summed E-state index contributed by atoms with van der Waals surface area (Å²) in [7, 11) is 0. The molecule has 3 aromatic rings. The Morgan fingerprint density at radius 2 is 1.05 bits per heavy atom. The summed E-state index contributed by atoms with van der Waals surface area (Å²) in [6.07, 6.45) is 0. The zero-order valence-electron chi connectivity index (χ0n) is 12.1. The third kappa shape index (κ3) is 1.64. The fraction of sp³-hybridized carbons (Fsp3) is 0. The summed E-state index contributed by atoms with van der Waals surface area (Å²) in [4.78, 5) is 0. The lowest BCUT2D eigenvalue weighted by Gasteiger charge is -2.00. The van der Waals surface area contributed by atoms with E-state index in [0.717, 1.165) is 0 Å². The third-order valence-electron chi connectivity index (χ3n) is 4.57. The van der Waals surface area contributed by atoms with Crippen molar-refractivity contribution in [2.45, 2.75) is 0 Å². The van der Waals surface area contributed by atoms with Gasteiger partial charge in [-0.2, -0.15) is 0 Å². The molecule has 0 nitrogen and oxygen atoms in total. The van der Waals surface area contributed by atoms with Crippen LogP contribution in [-0.2, 0) is 0 Å². The quantitative estimate of drug-likeness (QED) is 0.314. The molecule has 0 saturated heterocycles. The zero-order valence-corrected chi connectivity index (χ0v) is 12.1. The average Bonchev–Trinajstić information content (AvgIpc) is 2.81. The van der Waals surface area contributed by atoms with Gasteiger partial charge in [0.05, 0.1) is 0 Å². The number of hydrogen-bond donors (Lipinski definition) is 0. The van der Waals surface area contributed by atoms with Crippen LogP contribution in [0.4, 0.5) is 0 Å². The molecule has 2 aliphatic rings. The average molecular weight is 278 g/mol. The fourth-order valence-corrected chi connectivity index (χ4v) is 3.45. The van der Waals surface area contributed by atoms with Gasteiger partial charge in [0.1, 0.15) is 0 Å². The molecule has 102 valence electrons. The van der Waals surface area contributed by atoms with Crippen molar-refractivity contribution in [3.05, 3.63) is 84.9 Å².